The first kappa shape index (κ1) is 8.97. The lowest BCUT2D eigenvalue weighted by atomic mass is 10.2. The maximum Gasteiger partial charge on any atom is 0.132 e. The third-order valence-corrected chi connectivity index (χ3v) is 1.52. The van der Waals surface area contributed by atoms with E-state index in [1.54, 1.807) is 6.08 Å². The van der Waals surface area contributed by atoms with Gasteiger partial charge in [0.25, 0.3) is 0 Å². The van der Waals surface area contributed by atoms with Crippen molar-refractivity contribution in [2.75, 3.05) is 6.61 Å². The second kappa shape index (κ2) is 4.70. The molecule has 2 N–H and O–H groups in total. The van der Waals surface area contributed by atoms with Crippen molar-refractivity contribution < 1.29 is 4.74 Å². The Morgan fingerprint density at radius 2 is 2.08 bits per heavy atom. The normalized spacial score (nSPS) is 12.4. The molecule has 0 aromatic heterocycles. The summed E-state index contributed by atoms with van der Waals surface area (Å²) in [6.45, 7) is 4.03. The van der Waals surface area contributed by atoms with E-state index in [-0.39, 0.29) is 6.23 Å². The molecule has 0 aliphatic rings. The average Bonchev–Trinajstić information content (AvgIpc) is 2.15. The van der Waals surface area contributed by atoms with E-state index in [1.165, 1.54) is 0 Å². The van der Waals surface area contributed by atoms with Crippen LogP contribution in [0.4, 0.5) is 0 Å². The lowest BCUT2D eigenvalue weighted by Gasteiger charge is -2.10. The van der Waals surface area contributed by atoms with Crippen LogP contribution in [0.25, 0.3) is 0 Å². The number of rotatable bonds is 4. The topological polar surface area (TPSA) is 35.2 Å². The van der Waals surface area contributed by atoms with Gasteiger partial charge in [0.15, 0.2) is 0 Å². The van der Waals surface area contributed by atoms with E-state index in [0.717, 1.165) is 5.56 Å². The van der Waals surface area contributed by atoms with Crippen LogP contribution in [-0.2, 0) is 4.74 Å². The second-order valence-corrected chi connectivity index (χ2v) is 2.45. The van der Waals surface area contributed by atoms with Gasteiger partial charge in [-0.25, -0.2) is 0 Å². The Morgan fingerprint density at radius 1 is 1.42 bits per heavy atom. The van der Waals surface area contributed by atoms with Crippen LogP contribution in [0.2, 0.25) is 0 Å². The Hall–Kier alpha value is -1.12. The fourth-order valence-corrected chi connectivity index (χ4v) is 0.911. The zero-order valence-corrected chi connectivity index (χ0v) is 6.94. The molecule has 12 heavy (non-hydrogen) atoms. The number of ether oxygens (including phenoxy) is 1. The molecule has 2 nitrogen and oxygen atoms in total. The van der Waals surface area contributed by atoms with Crippen molar-refractivity contribution in [1.82, 2.24) is 0 Å². The number of hydrogen-bond donors (Lipinski definition) is 1. The Kier molecular flexibility index (Phi) is 3.51. The first-order valence-electron chi connectivity index (χ1n) is 3.87. The lowest BCUT2D eigenvalue weighted by Crippen LogP contribution is -2.14. The average molecular weight is 163 g/mol. The van der Waals surface area contributed by atoms with Gasteiger partial charge in [-0.2, -0.15) is 0 Å². The molecule has 1 atom stereocenters. The van der Waals surface area contributed by atoms with Crippen molar-refractivity contribution in [3.8, 4) is 0 Å². The van der Waals surface area contributed by atoms with E-state index in [4.69, 9.17) is 10.5 Å². The quantitative estimate of drug-likeness (QED) is 0.543. The molecule has 1 aromatic rings. The molecule has 0 aliphatic carbocycles. The van der Waals surface area contributed by atoms with Crippen molar-refractivity contribution >= 4 is 0 Å². The van der Waals surface area contributed by atoms with Crippen molar-refractivity contribution in [2.45, 2.75) is 6.23 Å². The van der Waals surface area contributed by atoms with Gasteiger partial charge in [0, 0.05) is 0 Å². The van der Waals surface area contributed by atoms with Crippen molar-refractivity contribution in [3.05, 3.63) is 48.6 Å². The highest BCUT2D eigenvalue weighted by Gasteiger charge is 2.02. The van der Waals surface area contributed by atoms with Crippen LogP contribution < -0.4 is 5.73 Å². The highest BCUT2D eigenvalue weighted by molar-refractivity contribution is 5.16. The van der Waals surface area contributed by atoms with Crippen LogP contribution in [0.3, 0.4) is 0 Å². The molecule has 64 valence electrons. The molecular formula is C10H13NO. The molecule has 0 spiro atoms. The summed E-state index contributed by atoms with van der Waals surface area (Å²) in [5.41, 5.74) is 6.70. The van der Waals surface area contributed by atoms with E-state index >= 15 is 0 Å². The van der Waals surface area contributed by atoms with Gasteiger partial charge in [0.05, 0.1) is 6.61 Å². The van der Waals surface area contributed by atoms with Crippen molar-refractivity contribution in [1.29, 1.82) is 0 Å². The van der Waals surface area contributed by atoms with Crippen LogP contribution in [0.15, 0.2) is 43.0 Å². The molecule has 1 aromatic carbocycles. The van der Waals surface area contributed by atoms with E-state index in [1.807, 2.05) is 30.3 Å². The van der Waals surface area contributed by atoms with Gasteiger partial charge in [-0.15, -0.1) is 6.58 Å². The van der Waals surface area contributed by atoms with Crippen LogP contribution in [0.1, 0.15) is 11.8 Å². The SMILES string of the molecule is C=CCOC(N)c1ccccc1. The van der Waals surface area contributed by atoms with Gasteiger partial charge in [-0.1, -0.05) is 36.4 Å². The van der Waals surface area contributed by atoms with Gasteiger partial charge in [-0.3, -0.25) is 0 Å². The van der Waals surface area contributed by atoms with Gasteiger partial charge in [-0.05, 0) is 5.56 Å². The number of benzene rings is 1. The maximum absolute atomic E-state index is 5.71. The van der Waals surface area contributed by atoms with E-state index < -0.39 is 0 Å². The molecule has 0 fully saturated rings. The van der Waals surface area contributed by atoms with Gasteiger partial charge in [0.2, 0.25) is 0 Å². The zero-order chi connectivity index (χ0) is 8.81. The Morgan fingerprint density at radius 3 is 2.67 bits per heavy atom. The van der Waals surface area contributed by atoms with Crippen LogP contribution in [0, 0.1) is 0 Å². The number of nitrogens with two attached hydrogens (primary N) is 1. The predicted molar refractivity (Wildman–Crippen MR) is 49.5 cm³/mol. The number of hydrogen-bond acceptors (Lipinski definition) is 2. The molecule has 0 bridgehead atoms. The smallest absolute Gasteiger partial charge is 0.132 e. The largest absolute Gasteiger partial charge is 0.355 e. The third-order valence-electron chi connectivity index (χ3n) is 1.52. The van der Waals surface area contributed by atoms with Gasteiger partial charge < -0.3 is 10.5 Å². The van der Waals surface area contributed by atoms with Crippen LogP contribution in [-0.4, -0.2) is 6.61 Å². The highest BCUT2D eigenvalue weighted by atomic mass is 16.5. The van der Waals surface area contributed by atoms with Crippen molar-refractivity contribution in [2.24, 2.45) is 5.73 Å². The van der Waals surface area contributed by atoms with Crippen LogP contribution >= 0.6 is 0 Å². The molecule has 0 radical (unpaired) electrons. The molecule has 0 amide bonds. The molecule has 1 rings (SSSR count). The minimum atomic E-state index is -0.343. The molecule has 2 heteroatoms. The monoisotopic (exact) mass is 163 g/mol. The predicted octanol–water partition coefficient (Wildman–Crippen LogP) is 1.85. The summed E-state index contributed by atoms with van der Waals surface area (Å²) in [4.78, 5) is 0. The summed E-state index contributed by atoms with van der Waals surface area (Å²) in [5, 5.41) is 0. The van der Waals surface area contributed by atoms with Crippen LogP contribution in [0.5, 0.6) is 0 Å². The highest BCUT2D eigenvalue weighted by Crippen LogP contribution is 2.09. The van der Waals surface area contributed by atoms with E-state index in [0.29, 0.717) is 6.61 Å². The Labute approximate surface area is 72.7 Å². The fourth-order valence-electron chi connectivity index (χ4n) is 0.911. The fraction of sp³-hybridized carbons (Fsp3) is 0.200. The summed E-state index contributed by atoms with van der Waals surface area (Å²) in [5.74, 6) is 0. The standard InChI is InChI=1S/C10H13NO/c1-2-8-12-10(11)9-6-4-3-5-7-9/h2-7,10H,1,8,11H2. The summed E-state index contributed by atoms with van der Waals surface area (Å²) in [7, 11) is 0. The first-order valence-corrected chi connectivity index (χ1v) is 3.87. The molecular weight excluding hydrogens is 150 g/mol. The summed E-state index contributed by atoms with van der Waals surface area (Å²) < 4.78 is 5.24. The Balaban J connectivity index is 2.53. The van der Waals surface area contributed by atoms with Gasteiger partial charge in [0.1, 0.15) is 6.23 Å². The van der Waals surface area contributed by atoms with Gasteiger partial charge >= 0.3 is 0 Å². The molecule has 0 aliphatic heterocycles. The van der Waals surface area contributed by atoms with E-state index in [2.05, 4.69) is 6.58 Å². The molecule has 0 saturated heterocycles. The summed E-state index contributed by atoms with van der Waals surface area (Å²) in [6.07, 6.45) is 1.34. The minimum absolute atomic E-state index is 0.343. The maximum atomic E-state index is 5.71. The molecule has 0 saturated carbocycles. The Bertz CT molecular complexity index is 233. The third kappa shape index (κ3) is 2.49. The summed E-state index contributed by atoms with van der Waals surface area (Å²) in [6, 6.07) is 9.70. The zero-order valence-electron chi connectivity index (χ0n) is 6.94. The second-order valence-electron chi connectivity index (χ2n) is 2.45. The lowest BCUT2D eigenvalue weighted by molar-refractivity contribution is 0.0794. The van der Waals surface area contributed by atoms with E-state index in [9.17, 15) is 0 Å². The first-order chi connectivity index (χ1) is 5.84. The van der Waals surface area contributed by atoms with Crippen molar-refractivity contribution in [3.63, 3.8) is 0 Å². The summed E-state index contributed by atoms with van der Waals surface area (Å²) >= 11 is 0. The molecule has 1 unspecified atom stereocenters. The minimum Gasteiger partial charge on any atom is -0.355 e. The molecule has 0 heterocycles.